The van der Waals surface area contributed by atoms with E-state index in [1.165, 1.54) is 0 Å². The molecule has 0 fully saturated rings. The first kappa shape index (κ1) is 11.3. The molecule has 0 aliphatic heterocycles. The predicted octanol–water partition coefficient (Wildman–Crippen LogP) is 2.37. The van der Waals surface area contributed by atoms with E-state index in [-0.39, 0.29) is 6.61 Å². The van der Waals surface area contributed by atoms with Crippen LogP contribution in [-0.4, -0.2) is 17.7 Å². The van der Waals surface area contributed by atoms with Gasteiger partial charge in [-0.2, -0.15) is 0 Å². The summed E-state index contributed by atoms with van der Waals surface area (Å²) >= 11 is 2.24. The Morgan fingerprint density at radius 1 is 1.43 bits per heavy atom. The number of aryl methyl sites for hydroxylation is 2. The number of hydrogen-bond donors (Lipinski definition) is 1. The highest BCUT2D eigenvalue weighted by molar-refractivity contribution is 14.1. The zero-order chi connectivity index (χ0) is 10.7. The predicted molar refractivity (Wildman–Crippen MR) is 61.8 cm³/mol. The second kappa shape index (κ2) is 4.63. The van der Waals surface area contributed by atoms with Crippen molar-refractivity contribution in [3.05, 3.63) is 26.8 Å². The largest absolute Gasteiger partial charge is 0.482 e. The van der Waals surface area contributed by atoms with E-state index in [0.717, 1.165) is 14.7 Å². The quantitative estimate of drug-likeness (QED) is 0.872. The molecule has 0 aliphatic carbocycles. The first-order chi connectivity index (χ1) is 6.50. The smallest absolute Gasteiger partial charge is 0.341 e. The van der Waals surface area contributed by atoms with E-state index in [0.29, 0.717) is 5.75 Å². The van der Waals surface area contributed by atoms with Gasteiger partial charge in [0.2, 0.25) is 0 Å². The van der Waals surface area contributed by atoms with Crippen LogP contribution < -0.4 is 4.74 Å². The van der Waals surface area contributed by atoms with Gasteiger partial charge in [0.25, 0.3) is 0 Å². The van der Waals surface area contributed by atoms with Crippen molar-refractivity contribution < 1.29 is 14.6 Å². The lowest BCUT2D eigenvalue weighted by molar-refractivity contribution is -0.139. The minimum Gasteiger partial charge on any atom is -0.482 e. The summed E-state index contributed by atoms with van der Waals surface area (Å²) in [5, 5.41) is 8.46. The molecule has 1 rings (SSSR count). The molecule has 0 amide bonds. The highest BCUT2D eigenvalue weighted by atomic mass is 127. The average molecular weight is 306 g/mol. The van der Waals surface area contributed by atoms with Gasteiger partial charge in [0.15, 0.2) is 6.61 Å². The first-order valence-corrected chi connectivity index (χ1v) is 5.20. The second-order valence-corrected chi connectivity index (χ2v) is 4.21. The third-order valence-electron chi connectivity index (χ3n) is 1.81. The molecule has 4 heteroatoms. The molecule has 0 heterocycles. The monoisotopic (exact) mass is 306 g/mol. The topological polar surface area (TPSA) is 46.5 Å². The fraction of sp³-hybridized carbons (Fsp3) is 0.300. The van der Waals surface area contributed by atoms with Gasteiger partial charge in [-0.1, -0.05) is 0 Å². The van der Waals surface area contributed by atoms with Crippen LogP contribution in [0.25, 0.3) is 0 Å². The van der Waals surface area contributed by atoms with E-state index in [2.05, 4.69) is 22.6 Å². The molecule has 0 radical (unpaired) electrons. The Bertz CT molecular complexity index is 361. The maximum Gasteiger partial charge on any atom is 0.341 e. The Balaban J connectivity index is 2.87. The lowest BCUT2D eigenvalue weighted by atomic mass is 10.1. The van der Waals surface area contributed by atoms with E-state index in [1.54, 1.807) is 0 Å². The molecule has 3 nitrogen and oxygen atoms in total. The van der Waals surface area contributed by atoms with E-state index in [1.807, 2.05) is 26.0 Å². The molecule has 1 aromatic rings. The summed E-state index contributed by atoms with van der Waals surface area (Å²) in [7, 11) is 0. The number of halogens is 1. The van der Waals surface area contributed by atoms with Crippen LogP contribution in [-0.2, 0) is 4.79 Å². The molecule has 0 aromatic heterocycles. The summed E-state index contributed by atoms with van der Waals surface area (Å²) in [4.78, 5) is 10.3. The van der Waals surface area contributed by atoms with Crippen molar-refractivity contribution >= 4 is 28.6 Å². The third kappa shape index (κ3) is 2.87. The van der Waals surface area contributed by atoms with Crippen molar-refractivity contribution in [2.45, 2.75) is 13.8 Å². The van der Waals surface area contributed by atoms with Gasteiger partial charge in [0, 0.05) is 3.57 Å². The van der Waals surface area contributed by atoms with Crippen molar-refractivity contribution in [2.75, 3.05) is 6.61 Å². The van der Waals surface area contributed by atoms with Crippen molar-refractivity contribution in [3.8, 4) is 5.75 Å². The van der Waals surface area contributed by atoms with Crippen molar-refractivity contribution in [1.29, 1.82) is 0 Å². The molecule has 76 valence electrons. The molecule has 0 saturated heterocycles. The van der Waals surface area contributed by atoms with E-state index < -0.39 is 5.97 Å². The molecule has 0 atom stereocenters. The highest BCUT2D eigenvalue weighted by Gasteiger charge is 2.05. The average Bonchev–Trinajstić information content (AvgIpc) is 2.09. The van der Waals surface area contributed by atoms with Crippen LogP contribution in [0.4, 0.5) is 0 Å². The molecule has 0 unspecified atom stereocenters. The Labute approximate surface area is 96.2 Å². The minimum atomic E-state index is -0.958. The molecular formula is C10H11IO3. The maximum atomic E-state index is 10.3. The number of benzene rings is 1. The van der Waals surface area contributed by atoms with Crippen LogP contribution in [0, 0.1) is 17.4 Å². The molecule has 0 bridgehead atoms. The maximum absolute atomic E-state index is 10.3. The summed E-state index contributed by atoms with van der Waals surface area (Å²) in [6.07, 6.45) is 0. The van der Waals surface area contributed by atoms with Gasteiger partial charge >= 0.3 is 5.97 Å². The zero-order valence-corrected chi connectivity index (χ0v) is 10.2. The lowest BCUT2D eigenvalue weighted by Crippen LogP contribution is -2.10. The number of carboxylic acid groups (broad SMARTS) is 1. The van der Waals surface area contributed by atoms with Crippen LogP contribution in [0.1, 0.15) is 11.1 Å². The second-order valence-electron chi connectivity index (χ2n) is 3.05. The number of rotatable bonds is 3. The third-order valence-corrected chi connectivity index (χ3v) is 2.97. The molecular weight excluding hydrogens is 295 g/mol. The molecule has 14 heavy (non-hydrogen) atoms. The SMILES string of the molecule is Cc1cc(OCC(=O)O)c(C)cc1I. The van der Waals surface area contributed by atoms with Gasteiger partial charge in [-0.15, -0.1) is 0 Å². The number of aliphatic carboxylic acids is 1. The number of carbonyl (C=O) groups is 1. The number of ether oxygens (including phenoxy) is 1. The van der Waals surface area contributed by atoms with Crippen LogP contribution >= 0.6 is 22.6 Å². The highest BCUT2D eigenvalue weighted by Crippen LogP contribution is 2.23. The van der Waals surface area contributed by atoms with Crippen molar-refractivity contribution in [2.24, 2.45) is 0 Å². The fourth-order valence-electron chi connectivity index (χ4n) is 1.05. The normalized spacial score (nSPS) is 9.93. The van der Waals surface area contributed by atoms with Gasteiger partial charge in [-0.25, -0.2) is 4.79 Å². The summed E-state index contributed by atoms with van der Waals surface area (Å²) < 4.78 is 6.29. The van der Waals surface area contributed by atoms with E-state index in [9.17, 15) is 4.79 Å². The van der Waals surface area contributed by atoms with Crippen molar-refractivity contribution in [3.63, 3.8) is 0 Å². The van der Waals surface area contributed by atoms with E-state index >= 15 is 0 Å². The number of carboxylic acids is 1. The Morgan fingerprint density at radius 2 is 2.07 bits per heavy atom. The van der Waals surface area contributed by atoms with Gasteiger partial charge in [-0.05, 0) is 59.7 Å². The Hall–Kier alpha value is -0.780. The standard InChI is InChI=1S/C10H11IO3/c1-6-4-9(14-5-10(12)13)7(2)3-8(6)11/h3-4H,5H2,1-2H3,(H,12,13). The van der Waals surface area contributed by atoms with Crippen molar-refractivity contribution in [1.82, 2.24) is 0 Å². The molecule has 0 aliphatic rings. The first-order valence-electron chi connectivity index (χ1n) is 4.12. The fourth-order valence-corrected chi connectivity index (χ4v) is 1.67. The molecule has 1 N–H and O–H groups in total. The van der Waals surface area contributed by atoms with Crippen LogP contribution in [0.2, 0.25) is 0 Å². The van der Waals surface area contributed by atoms with Crippen LogP contribution in [0.15, 0.2) is 12.1 Å². The summed E-state index contributed by atoms with van der Waals surface area (Å²) in [5.41, 5.74) is 2.05. The summed E-state index contributed by atoms with van der Waals surface area (Å²) in [5.74, 6) is -0.314. The van der Waals surface area contributed by atoms with Crippen LogP contribution in [0.3, 0.4) is 0 Å². The summed E-state index contributed by atoms with van der Waals surface area (Å²) in [6.45, 7) is 3.58. The van der Waals surface area contributed by atoms with Crippen LogP contribution in [0.5, 0.6) is 5.75 Å². The van der Waals surface area contributed by atoms with Gasteiger partial charge < -0.3 is 9.84 Å². The molecule has 0 saturated carbocycles. The lowest BCUT2D eigenvalue weighted by Gasteiger charge is -2.09. The molecule has 1 aromatic carbocycles. The van der Waals surface area contributed by atoms with Gasteiger partial charge in [-0.3, -0.25) is 0 Å². The van der Waals surface area contributed by atoms with E-state index in [4.69, 9.17) is 9.84 Å². The van der Waals surface area contributed by atoms with Gasteiger partial charge in [0.05, 0.1) is 0 Å². The Morgan fingerprint density at radius 3 is 2.64 bits per heavy atom. The zero-order valence-electron chi connectivity index (χ0n) is 8.00. The summed E-state index contributed by atoms with van der Waals surface area (Å²) in [6, 6.07) is 3.84. The minimum absolute atomic E-state index is 0.291. The number of hydrogen-bond acceptors (Lipinski definition) is 2. The molecule has 0 spiro atoms. The van der Waals surface area contributed by atoms with Gasteiger partial charge in [0.1, 0.15) is 5.75 Å². The Kier molecular flexibility index (Phi) is 3.74.